The summed E-state index contributed by atoms with van der Waals surface area (Å²) in [4.78, 5) is 14.2. The van der Waals surface area contributed by atoms with Crippen LogP contribution in [0.5, 0.6) is 0 Å². The van der Waals surface area contributed by atoms with E-state index in [1.54, 1.807) is 7.11 Å². The third-order valence-electron chi connectivity index (χ3n) is 3.66. The van der Waals surface area contributed by atoms with E-state index < -0.39 is 0 Å². The topological polar surface area (TPSA) is 53.6 Å². The molecule has 1 amide bonds. The van der Waals surface area contributed by atoms with E-state index in [1.807, 2.05) is 14.0 Å². The predicted molar refractivity (Wildman–Crippen MR) is 72.6 cm³/mol. The molecular formula is C13H27N3O2. The number of nitrogens with zero attached hydrogens (tertiary/aromatic N) is 1. The standard InChI is InChI=1S/C13H27N3O2/c1-11(13(17)15-8-5-9-18-3)16(2)12-6-4-7-14-10-12/h11-12,14H,4-10H2,1-3H3,(H,15,17). The fraction of sp³-hybridized carbons (Fsp3) is 0.923. The molecular weight excluding hydrogens is 230 g/mol. The number of methoxy groups -OCH3 is 1. The van der Waals surface area contributed by atoms with Crippen molar-refractivity contribution in [2.24, 2.45) is 0 Å². The third-order valence-corrected chi connectivity index (χ3v) is 3.66. The Hall–Kier alpha value is -0.650. The highest BCUT2D eigenvalue weighted by atomic mass is 16.5. The molecule has 2 N–H and O–H groups in total. The molecule has 0 aromatic heterocycles. The van der Waals surface area contributed by atoms with Gasteiger partial charge >= 0.3 is 0 Å². The number of ether oxygens (including phenoxy) is 1. The van der Waals surface area contributed by atoms with Crippen molar-refractivity contribution >= 4 is 5.91 Å². The lowest BCUT2D eigenvalue weighted by molar-refractivity contribution is -0.126. The van der Waals surface area contributed by atoms with Gasteiger partial charge in [-0.2, -0.15) is 0 Å². The maximum atomic E-state index is 12.0. The largest absolute Gasteiger partial charge is 0.385 e. The zero-order valence-electron chi connectivity index (χ0n) is 11.9. The van der Waals surface area contributed by atoms with Gasteiger partial charge < -0.3 is 15.4 Å². The van der Waals surface area contributed by atoms with Crippen LogP contribution in [0.4, 0.5) is 0 Å². The SMILES string of the molecule is COCCCNC(=O)C(C)N(C)C1CCCNC1. The van der Waals surface area contributed by atoms with E-state index in [1.165, 1.54) is 12.8 Å². The molecule has 5 heteroatoms. The van der Waals surface area contributed by atoms with Crippen LogP contribution in [0.25, 0.3) is 0 Å². The first-order chi connectivity index (χ1) is 8.66. The van der Waals surface area contributed by atoms with Crippen molar-refractivity contribution in [1.29, 1.82) is 0 Å². The van der Waals surface area contributed by atoms with Gasteiger partial charge in [0.05, 0.1) is 6.04 Å². The van der Waals surface area contributed by atoms with Crippen LogP contribution >= 0.6 is 0 Å². The molecule has 2 atom stereocenters. The van der Waals surface area contributed by atoms with E-state index in [2.05, 4.69) is 15.5 Å². The Balaban J connectivity index is 2.27. The fourth-order valence-electron chi connectivity index (χ4n) is 2.26. The van der Waals surface area contributed by atoms with Crippen molar-refractivity contribution in [2.45, 2.75) is 38.3 Å². The molecule has 0 aromatic carbocycles. The van der Waals surface area contributed by atoms with E-state index in [4.69, 9.17) is 4.74 Å². The maximum absolute atomic E-state index is 12.0. The summed E-state index contributed by atoms with van der Waals surface area (Å²) >= 11 is 0. The number of rotatable bonds is 7. The molecule has 1 aliphatic heterocycles. The van der Waals surface area contributed by atoms with Crippen molar-refractivity contribution in [1.82, 2.24) is 15.5 Å². The van der Waals surface area contributed by atoms with Crippen LogP contribution in [0.15, 0.2) is 0 Å². The number of likely N-dealkylation sites (N-methyl/N-ethyl adjacent to an activating group) is 1. The lowest BCUT2D eigenvalue weighted by Gasteiger charge is -2.35. The van der Waals surface area contributed by atoms with Gasteiger partial charge in [0.25, 0.3) is 0 Å². The second-order valence-electron chi connectivity index (χ2n) is 4.98. The zero-order valence-corrected chi connectivity index (χ0v) is 11.9. The lowest BCUT2D eigenvalue weighted by atomic mass is 10.0. The summed E-state index contributed by atoms with van der Waals surface area (Å²) in [5, 5.41) is 6.34. The molecule has 1 fully saturated rings. The zero-order chi connectivity index (χ0) is 13.4. The molecule has 2 unspecified atom stereocenters. The molecule has 1 heterocycles. The van der Waals surface area contributed by atoms with Crippen LogP contribution in [-0.4, -0.2) is 63.3 Å². The molecule has 1 aliphatic rings. The third kappa shape index (κ3) is 4.92. The van der Waals surface area contributed by atoms with Gasteiger partial charge in [0.15, 0.2) is 0 Å². The summed E-state index contributed by atoms with van der Waals surface area (Å²) in [5.74, 6) is 0.110. The van der Waals surface area contributed by atoms with Crippen molar-refractivity contribution in [3.8, 4) is 0 Å². The second-order valence-corrected chi connectivity index (χ2v) is 4.98. The first-order valence-electron chi connectivity index (χ1n) is 6.86. The van der Waals surface area contributed by atoms with Crippen molar-refractivity contribution in [3.63, 3.8) is 0 Å². The molecule has 1 saturated heterocycles. The van der Waals surface area contributed by atoms with Gasteiger partial charge in [-0.05, 0) is 39.8 Å². The van der Waals surface area contributed by atoms with Gasteiger partial charge in [0.1, 0.15) is 0 Å². The number of nitrogens with one attached hydrogen (secondary N) is 2. The average molecular weight is 257 g/mol. The Morgan fingerprint density at radius 3 is 3.00 bits per heavy atom. The van der Waals surface area contributed by atoms with Gasteiger partial charge in [-0.1, -0.05) is 0 Å². The van der Waals surface area contributed by atoms with Crippen molar-refractivity contribution in [2.75, 3.05) is 40.4 Å². The Kier molecular flexibility index (Phi) is 7.23. The lowest BCUT2D eigenvalue weighted by Crippen LogP contribution is -2.52. The van der Waals surface area contributed by atoms with E-state index in [0.29, 0.717) is 19.2 Å². The van der Waals surface area contributed by atoms with E-state index in [-0.39, 0.29) is 11.9 Å². The van der Waals surface area contributed by atoms with Crippen LogP contribution < -0.4 is 10.6 Å². The summed E-state index contributed by atoms with van der Waals surface area (Å²) in [6, 6.07) is 0.399. The van der Waals surface area contributed by atoms with Crippen LogP contribution in [0, 0.1) is 0 Å². The van der Waals surface area contributed by atoms with Crippen LogP contribution in [-0.2, 0) is 9.53 Å². The molecule has 106 valence electrons. The summed E-state index contributed by atoms with van der Waals surface area (Å²) in [6.45, 7) is 5.44. The quantitative estimate of drug-likeness (QED) is 0.640. The molecule has 0 saturated carbocycles. The Labute approximate surface area is 110 Å². The number of hydrogen-bond acceptors (Lipinski definition) is 4. The molecule has 0 aliphatic carbocycles. The highest BCUT2D eigenvalue weighted by Crippen LogP contribution is 2.11. The van der Waals surface area contributed by atoms with Crippen molar-refractivity contribution in [3.05, 3.63) is 0 Å². The van der Waals surface area contributed by atoms with Gasteiger partial charge in [0.2, 0.25) is 5.91 Å². The average Bonchev–Trinajstić information content (AvgIpc) is 2.42. The highest BCUT2D eigenvalue weighted by molar-refractivity contribution is 5.81. The second kappa shape index (κ2) is 8.45. The Morgan fingerprint density at radius 1 is 1.61 bits per heavy atom. The Bertz CT molecular complexity index is 242. The monoisotopic (exact) mass is 257 g/mol. The van der Waals surface area contributed by atoms with Crippen molar-refractivity contribution < 1.29 is 9.53 Å². The van der Waals surface area contributed by atoms with E-state index >= 15 is 0 Å². The van der Waals surface area contributed by atoms with Gasteiger partial charge in [-0.25, -0.2) is 0 Å². The molecule has 0 spiro atoms. The number of carbonyl (C=O) groups is 1. The van der Waals surface area contributed by atoms with Gasteiger partial charge in [-0.3, -0.25) is 9.69 Å². The first kappa shape index (κ1) is 15.4. The van der Waals surface area contributed by atoms with E-state index in [9.17, 15) is 4.79 Å². The van der Waals surface area contributed by atoms with Gasteiger partial charge in [0, 0.05) is 32.8 Å². The minimum atomic E-state index is -0.0718. The summed E-state index contributed by atoms with van der Waals surface area (Å²) in [5.41, 5.74) is 0. The van der Waals surface area contributed by atoms with Crippen LogP contribution in [0.2, 0.25) is 0 Å². The smallest absolute Gasteiger partial charge is 0.237 e. The summed E-state index contributed by atoms with van der Waals surface area (Å²) in [7, 11) is 3.71. The first-order valence-corrected chi connectivity index (χ1v) is 6.86. The number of carbonyl (C=O) groups excluding carboxylic acids is 1. The number of hydrogen-bond donors (Lipinski definition) is 2. The van der Waals surface area contributed by atoms with Crippen LogP contribution in [0.3, 0.4) is 0 Å². The summed E-state index contributed by atoms with van der Waals surface area (Å²) in [6.07, 6.45) is 3.23. The van der Waals surface area contributed by atoms with E-state index in [0.717, 1.165) is 19.5 Å². The molecule has 1 rings (SSSR count). The maximum Gasteiger partial charge on any atom is 0.237 e. The number of piperidine rings is 1. The minimum Gasteiger partial charge on any atom is -0.385 e. The Morgan fingerprint density at radius 2 is 2.39 bits per heavy atom. The molecule has 18 heavy (non-hydrogen) atoms. The normalized spacial score (nSPS) is 21.9. The fourth-order valence-corrected chi connectivity index (χ4v) is 2.26. The summed E-state index contributed by atoms with van der Waals surface area (Å²) < 4.78 is 4.96. The highest BCUT2D eigenvalue weighted by Gasteiger charge is 2.25. The van der Waals surface area contributed by atoms with Crippen LogP contribution in [0.1, 0.15) is 26.2 Å². The molecule has 0 aromatic rings. The predicted octanol–water partition coefficient (Wildman–Crippen LogP) is 0.211. The molecule has 0 bridgehead atoms. The number of amides is 1. The minimum absolute atomic E-state index is 0.0718. The molecule has 5 nitrogen and oxygen atoms in total. The molecule has 0 radical (unpaired) electrons. The van der Waals surface area contributed by atoms with Gasteiger partial charge in [-0.15, -0.1) is 0 Å².